The molecule has 0 aliphatic carbocycles. The number of hydrogen-bond acceptors (Lipinski definition) is 9. The number of likely N-dealkylation sites (tertiary alicyclic amines) is 1. The number of nitrogens with zero attached hydrogens (tertiary/aromatic N) is 4. The van der Waals surface area contributed by atoms with Crippen molar-refractivity contribution in [2.75, 3.05) is 11.9 Å². The fourth-order valence-corrected chi connectivity index (χ4v) is 5.12. The van der Waals surface area contributed by atoms with Gasteiger partial charge in [0, 0.05) is 54.3 Å². The number of amides is 2. The van der Waals surface area contributed by atoms with Crippen LogP contribution in [-0.2, 0) is 9.53 Å². The minimum Gasteiger partial charge on any atom is -0.489 e. The second kappa shape index (κ2) is 11.0. The number of piperidine rings is 1. The number of ether oxygens (including phenoxy) is 2. The molecule has 208 valence electrons. The predicted molar refractivity (Wildman–Crippen MR) is 150 cm³/mol. The Labute approximate surface area is 234 Å². The molecule has 0 saturated carbocycles. The van der Waals surface area contributed by atoms with Gasteiger partial charge >= 0.3 is 6.09 Å². The van der Waals surface area contributed by atoms with Gasteiger partial charge in [0.05, 0.1) is 11.1 Å². The van der Waals surface area contributed by atoms with E-state index in [4.69, 9.17) is 15.2 Å². The van der Waals surface area contributed by atoms with E-state index in [0.29, 0.717) is 29.3 Å². The molecule has 1 aliphatic heterocycles. The number of nitrogens with two attached hydrogens (primary N) is 1. The minimum atomic E-state index is -0.873. The lowest BCUT2D eigenvalue weighted by molar-refractivity contribution is -0.125. The fourth-order valence-electron chi connectivity index (χ4n) is 4.46. The molecule has 0 bridgehead atoms. The van der Waals surface area contributed by atoms with Crippen LogP contribution in [0.25, 0.3) is 21.5 Å². The molecule has 1 aliphatic rings. The van der Waals surface area contributed by atoms with Crippen molar-refractivity contribution in [1.82, 2.24) is 19.9 Å². The minimum absolute atomic E-state index is 0.208. The number of carbonyl (C=O) groups is 2. The van der Waals surface area contributed by atoms with E-state index in [1.165, 1.54) is 28.4 Å². The zero-order valence-electron chi connectivity index (χ0n) is 22.3. The second-order valence-corrected chi connectivity index (χ2v) is 11.3. The topological polar surface area (TPSA) is 133 Å². The van der Waals surface area contributed by atoms with Gasteiger partial charge in [-0.1, -0.05) is 6.07 Å². The monoisotopic (exact) mass is 564 g/mol. The third kappa shape index (κ3) is 6.28. The van der Waals surface area contributed by atoms with Gasteiger partial charge in [-0.3, -0.25) is 9.69 Å². The van der Waals surface area contributed by atoms with Crippen molar-refractivity contribution in [3.63, 3.8) is 0 Å². The molecular weight excluding hydrogens is 535 g/mol. The summed E-state index contributed by atoms with van der Waals surface area (Å²) in [5, 5.41) is 6.39. The van der Waals surface area contributed by atoms with Gasteiger partial charge in [-0.05, 0) is 45.0 Å². The number of rotatable bonds is 6. The second-order valence-electron chi connectivity index (χ2n) is 10.4. The van der Waals surface area contributed by atoms with Crippen LogP contribution in [0, 0.1) is 5.82 Å². The van der Waals surface area contributed by atoms with Gasteiger partial charge in [-0.15, -0.1) is 11.3 Å². The predicted octanol–water partition coefficient (Wildman–Crippen LogP) is 5.27. The Bertz CT molecular complexity index is 1540. The Morgan fingerprint density at radius 1 is 1.20 bits per heavy atom. The van der Waals surface area contributed by atoms with Crippen LogP contribution in [0.2, 0.25) is 0 Å². The lowest BCUT2D eigenvalue weighted by Crippen LogP contribution is -2.55. The van der Waals surface area contributed by atoms with Gasteiger partial charge in [-0.25, -0.2) is 24.1 Å². The molecule has 2 atom stereocenters. The highest BCUT2D eigenvalue weighted by atomic mass is 32.1. The number of nitrogens with one attached hydrogen (secondary N) is 1. The van der Waals surface area contributed by atoms with Crippen LogP contribution < -0.4 is 15.8 Å². The number of aromatic nitrogens is 3. The average molecular weight is 565 g/mol. The summed E-state index contributed by atoms with van der Waals surface area (Å²) in [7, 11) is 0. The number of benzene rings is 2. The third-order valence-corrected chi connectivity index (χ3v) is 7.04. The summed E-state index contributed by atoms with van der Waals surface area (Å²) in [6, 6.07) is 8.85. The first-order valence-corrected chi connectivity index (χ1v) is 13.6. The summed E-state index contributed by atoms with van der Waals surface area (Å²) >= 11 is 1.46. The average Bonchev–Trinajstić information content (AvgIpc) is 3.42. The quantitative estimate of drug-likeness (QED) is 0.324. The molecule has 2 amide bonds. The number of anilines is 2. The Balaban J connectivity index is 1.43. The Morgan fingerprint density at radius 3 is 2.73 bits per heavy atom. The molecule has 2 aromatic carbocycles. The fraction of sp³-hybridized carbons (Fsp3) is 0.321. The molecule has 3 N–H and O–H groups in total. The van der Waals surface area contributed by atoms with E-state index in [-0.39, 0.29) is 18.8 Å². The number of halogens is 1. The van der Waals surface area contributed by atoms with E-state index < -0.39 is 29.7 Å². The van der Waals surface area contributed by atoms with Gasteiger partial charge in [0.25, 0.3) is 0 Å². The number of carbonyl (C=O) groups excluding carboxylic acids is 2. The van der Waals surface area contributed by atoms with Crippen molar-refractivity contribution in [3.05, 3.63) is 60.0 Å². The van der Waals surface area contributed by atoms with Gasteiger partial charge < -0.3 is 20.5 Å². The highest BCUT2D eigenvalue weighted by Gasteiger charge is 2.38. The smallest absolute Gasteiger partial charge is 0.410 e. The Morgan fingerprint density at radius 2 is 2.02 bits per heavy atom. The summed E-state index contributed by atoms with van der Waals surface area (Å²) in [6.07, 6.45) is 3.07. The van der Waals surface area contributed by atoms with E-state index >= 15 is 0 Å². The molecule has 5 rings (SSSR count). The maximum absolute atomic E-state index is 13.6. The Hall–Kier alpha value is -4.32. The lowest BCUT2D eigenvalue weighted by atomic mass is 9.99. The summed E-state index contributed by atoms with van der Waals surface area (Å²) in [5.41, 5.74) is 6.85. The molecule has 1 unspecified atom stereocenters. The van der Waals surface area contributed by atoms with E-state index in [2.05, 4.69) is 20.3 Å². The standard InChI is InChI=1S/C28H29FN6O4S/c1-28(2,3)39-27(37)35-9-7-19(13-22(35)24(30)36)38-23-14-21-16(11-20(23)25-31-8-10-40-25)15-32-26(34-21)33-18-6-4-5-17(29)12-18/h4-6,8,10-12,14-15,19,22H,7,9,13H2,1-3H3,(H2,30,36)(H,32,33,34)/t19?,22-/m1/s1. The van der Waals surface area contributed by atoms with Crippen LogP contribution in [0.4, 0.5) is 20.8 Å². The first kappa shape index (κ1) is 27.3. The molecule has 1 saturated heterocycles. The Kier molecular flexibility index (Phi) is 7.53. The van der Waals surface area contributed by atoms with Crippen LogP contribution in [0.5, 0.6) is 5.75 Å². The molecule has 4 aromatic rings. The summed E-state index contributed by atoms with van der Waals surface area (Å²) in [4.78, 5) is 39.9. The molecule has 2 aromatic heterocycles. The van der Waals surface area contributed by atoms with Gasteiger partial charge in [-0.2, -0.15) is 0 Å². The molecule has 10 nitrogen and oxygen atoms in total. The summed E-state index contributed by atoms with van der Waals surface area (Å²) in [6.45, 7) is 5.55. The normalized spacial score (nSPS) is 17.4. The highest BCUT2D eigenvalue weighted by molar-refractivity contribution is 7.13. The summed E-state index contributed by atoms with van der Waals surface area (Å²) in [5.74, 6) is -0.178. The highest BCUT2D eigenvalue weighted by Crippen LogP contribution is 2.37. The van der Waals surface area contributed by atoms with Gasteiger partial charge in [0.1, 0.15) is 34.3 Å². The zero-order valence-corrected chi connectivity index (χ0v) is 23.1. The van der Waals surface area contributed by atoms with Crippen LogP contribution in [0.15, 0.2) is 54.2 Å². The van der Waals surface area contributed by atoms with Crippen molar-refractivity contribution in [3.8, 4) is 16.3 Å². The van der Waals surface area contributed by atoms with E-state index in [1.807, 2.05) is 11.4 Å². The van der Waals surface area contributed by atoms with Crippen LogP contribution >= 0.6 is 11.3 Å². The van der Waals surface area contributed by atoms with Crippen LogP contribution in [0.1, 0.15) is 33.6 Å². The van der Waals surface area contributed by atoms with Crippen molar-refractivity contribution >= 4 is 45.9 Å². The zero-order chi connectivity index (χ0) is 28.4. The lowest BCUT2D eigenvalue weighted by Gasteiger charge is -2.38. The molecule has 40 heavy (non-hydrogen) atoms. The molecule has 0 spiro atoms. The van der Waals surface area contributed by atoms with Crippen molar-refractivity contribution in [1.29, 1.82) is 0 Å². The maximum Gasteiger partial charge on any atom is 0.410 e. The number of fused-ring (bicyclic) bond motifs is 1. The van der Waals surface area contributed by atoms with E-state index in [1.54, 1.807) is 51.4 Å². The molecule has 1 fully saturated rings. The van der Waals surface area contributed by atoms with Gasteiger partial charge in [0.2, 0.25) is 11.9 Å². The first-order chi connectivity index (χ1) is 19.1. The maximum atomic E-state index is 13.6. The van der Waals surface area contributed by atoms with Crippen molar-refractivity contribution in [2.45, 2.75) is 51.4 Å². The summed E-state index contributed by atoms with van der Waals surface area (Å²) < 4.78 is 25.6. The van der Waals surface area contributed by atoms with Crippen molar-refractivity contribution in [2.24, 2.45) is 5.73 Å². The number of hydrogen-bond donors (Lipinski definition) is 2. The molecule has 0 radical (unpaired) electrons. The van der Waals surface area contributed by atoms with Crippen LogP contribution in [0.3, 0.4) is 0 Å². The van der Waals surface area contributed by atoms with Gasteiger partial charge in [0.15, 0.2) is 0 Å². The molecule has 3 heterocycles. The number of primary amides is 1. The van der Waals surface area contributed by atoms with E-state index in [0.717, 1.165) is 16.0 Å². The first-order valence-electron chi connectivity index (χ1n) is 12.7. The van der Waals surface area contributed by atoms with Crippen molar-refractivity contribution < 1.29 is 23.5 Å². The molecule has 12 heteroatoms. The van der Waals surface area contributed by atoms with E-state index in [9.17, 15) is 14.0 Å². The third-order valence-electron chi connectivity index (χ3n) is 6.23. The SMILES string of the molecule is CC(C)(C)OC(=O)N1CCC(Oc2cc3nc(Nc4cccc(F)c4)ncc3cc2-c2nccs2)C[C@@H]1C(N)=O. The van der Waals surface area contributed by atoms with Crippen LogP contribution in [-0.4, -0.2) is 56.1 Å². The molecular formula is C28H29FN6O4S. The number of thiazole rings is 1. The largest absolute Gasteiger partial charge is 0.489 e.